The van der Waals surface area contributed by atoms with Crippen LogP contribution in [0.1, 0.15) is 25.1 Å². The highest BCUT2D eigenvalue weighted by Gasteiger charge is 2.40. The number of furan rings is 1. The van der Waals surface area contributed by atoms with E-state index in [9.17, 15) is 0 Å². The molecule has 1 aliphatic carbocycles. The van der Waals surface area contributed by atoms with Gasteiger partial charge in [-0.1, -0.05) is 105 Å². The minimum Gasteiger partial charge on any atom is -0.456 e. The molecule has 0 saturated heterocycles. The number of rotatable bonds is 2. The van der Waals surface area contributed by atoms with E-state index in [1.54, 1.807) is 0 Å². The SMILES string of the molecule is CC1(C)c2ccccc2-c2c(-n3c4ccccc4c4cc5ccccc5cc43)nc(-c3ccc4c(c3)oc3ccccc34)nc21. The molecule has 0 amide bonds. The predicted molar refractivity (Wildman–Crippen MR) is 184 cm³/mol. The van der Waals surface area contributed by atoms with Gasteiger partial charge in [-0.05, 0) is 58.3 Å². The quantitative estimate of drug-likeness (QED) is 0.205. The van der Waals surface area contributed by atoms with Gasteiger partial charge in [-0.25, -0.2) is 9.97 Å². The third kappa shape index (κ3) is 3.31. The maximum Gasteiger partial charge on any atom is 0.162 e. The Kier molecular flexibility index (Phi) is 4.76. The molecule has 0 N–H and O–H groups in total. The summed E-state index contributed by atoms with van der Waals surface area (Å²) >= 11 is 0. The van der Waals surface area contributed by atoms with Crippen LogP contribution >= 0.6 is 0 Å². The van der Waals surface area contributed by atoms with Crippen molar-refractivity contribution in [3.8, 4) is 28.3 Å². The van der Waals surface area contributed by atoms with Crippen molar-refractivity contribution in [3.63, 3.8) is 0 Å². The second-order valence-electron chi connectivity index (χ2n) is 12.6. The van der Waals surface area contributed by atoms with Gasteiger partial charge in [0.15, 0.2) is 5.82 Å². The Morgan fingerprint density at radius 2 is 1.29 bits per heavy atom. The summed E-state index contributed by atoms with van der Waals surface area (Å²) in [6.07, 6.45) is 0. The fourth-order valence-corrected chi connectivity index (χ4v) is 7.56. The van der Waals surface area contributed by atoms with Gasteiger partial charge in [0.1, 0.15) is 17.0 Å². The summed E-state index contributed by atoms with van der Waals surface area (Å²) in [6.45, 7) is 4.56. The molecule has 45 heavy (non-hydrogen) atoms. The summed E-state index contributed by atoms with van der Waals surface area (Å²) in [6, 6.07) is 45.1. The molecule has 0 radical (unpaired) electrons. The zero-order valence-electron chi connectivity index (χ0n) is 24.9. The monoisotopic (exact) mass is 577 g/mol. The van der Waals surface area contributed by atoms with Crippen LogP contribution in [0, 0.1) is 0 Å². The van der Waals surface area contributed by atoms with Crippen LogP contribution in [0.5, 0.6) is 0 Å². The summed E-state index contributed by atoms with van der Waals surface area (Å²) < 4.78 is 8.66. The van der Waals surface area contributed by atoms with E-state index in [1.807, 2.05) is 12.1 Å². The number of aromatic nitrogens is 3. The van der Waals surface area contributed by atoms with Gasteiger partial charge in [0.05, 0.1) is 16.7 Å². The van der Waals surface area contributed by atoms with Crippen molar-refractivity contribution < 1.29 is 4.42 Å². The first-order chi connectivity index (χ1) is 22.1. The van der Waals surface area contributed by atoms with E-state index in [0.717, 1.165) is 55.6 Å². The minimum atomic E-state index is -0.298. The Hall–Kier alpha value is -5.74. The highest BCUT2D eigenvalue weighted by Crippen LogP contribution is 2.51. The fourth-order valence-electron chi connectivity index (χ4n) is 7.56. The molecule has 0 spiro atoms. The Labute approximate surface area is 259 Å². The van der Waals surface area contributed by atoms with Crippen molar-refractivity contribution in [2.24, 2.45) is 0 Å². The number of hydrogen-bond acceptors (Lipinski definition) is 3. The van der Waals surface area contributed by atoms with Gasteiger partial charge in [-0.2, -0.15) is 0 Å². The van der Waals surface area contributed by atoms with Crippen molar-refractivity contribution in [1.29, 1.82) is 0 Å². The van der Waals surface area contributed by atoms with Gasteiger partial charge >= 0.3 is 0 Å². The first kappa shape index (κ1) is 24.7. The minimum absolute atomic E-state index is 0.298. The number of para-hydroxylation sites is 2. The molecule has 9 aromatic rings. The lowest BCUT2D eigenvalue weighted by molar-refractivity contribution is 0.635. The molecular weight excluding hydrogens is 550 g/mol. The molecule has 3 heterocycles. The van der Waals surface area contributed by atoms with Crippen LogP contribution in [0.3, 0.4) is 0 Å². The van der Waals surface area contributed by atoms with Crippen molar-refractivity contribution in [2.45, 2.75) is 19.3 Å². The van der Waals surface area contributed by atoms with Gasteiger partial charge < -0.3 is 4.42 Å². The summed E-state index contributed by atoms with van der Waals surface area (Å²) in [7, 11) is 0. The van der Waals surface area contributed by atoms with Crippen LogP contribution < -0.4 is 0 Å². The standard InChI is InChI=1S/C41H27N3O/c1-41(2)32-16-8-5-15-30(32)37-38(41)42-39(26-19-20-29-28-14-7-10-18-35(28)45-36(29)23-26)43-40(37)44-33-17-9-6-13-27(33)31-21-24-11-3-4-12-25(24)22-34(31)44/h3-23H,1-2H3. The van der Waals surface area contributed by atoms with E-state index in [0.29, 0.717) is 5.82 Å². The van der Waals surface area contributed by atoms with Crippen LogP contribution in [0.4, 0.5) is 0 Å². The normalized spacial score (nSPS) is 13.7. The van der Waals surface area contributed by atoms with Crippen molar-refractivity contribution >= 4 is 54.5 Å². The summed E-state index contributed by atoms with van der Waals surface area (Å²) in [5.74, 6) is 1.60. The van der Waals surface area contributed by atoms with Gasteiger partial charge in [0.2, 0.25) is 0 Å². The predicted octanol–water partition coefficient (Wildman–Crippen LogP) is 10.6. The van der Waals surface area contributed by atoms with Gasteiger partial charge in [-0.15, -0.1) is 0 Å². The van der Waals surface area contributed by atoms with E-state index in [2.05, 4.69) is 134 Å². The van der Waals surface area contributed by atoms with E-state index in [1.165, 1.54) is 32.7 Å². The summed E-state index contributed by atoms with van der Waals surface area (Å²) in [5, 5.41) is 7.07. The zero-order valence-corrected chi connectivity index (χ0v) is 24.9. The van der Waals surface area contributed by atoms with Gasteiger partial charge in [0.25, 0.3) is 0 Å². The maximum absolute atomic E-state index is 6.30. The highest BCUT2D eigenvalue weighted by molar-refractivity contribution is 6.14. The fraction of sp³-hybridized carbons (Fsp3) is 0.0732. The molecule has 0 aliphatic heterocycles. The van der Waals surface area contributed by atoms with Crippen LogP contribution in [-0.2, 0) is 5.41 Å². The molecule has 0 unspecified atom stereocenters. The Morgan fingerprint density at radius 1 is 0.578 bits per heavy atom. The first-order valence-corrected chi connectivity index (χ1v) is 15.4. The molecule has 1 aliphatic rings. The number of fused-ring (bicyclic) bond motifs is 10. The van der Waals surface area contributed by atoms with Crippen molar-refractivity contribution in [2.75, 3.05) is 0 Å². The third-order valence-electron chi connectivity index (χ3n) is 9.74. The lowest BCUT2D eigenvalue weighted by Crippen LogP contribution is -2.18. The molecule has 6 aromatic carbocycles. The van der Waals surface area contributed by atoms with Gasteiger partial charge in [-0.3, -0.25) is 4.57 Å². The van der Waals surface area contributed by atoms with Crippen LogP contribution in [0.25, 0.3) is 82.8 Å². The highest BCUT2D eigenvalue weighted by atomic mass is 16.3. The topological polar surface area (TPSA) is 43.9 Å². The van der Waals surface area contributed by atoms with E-state index < -0.39 is 0 Å². The second kappa shape index (κ2) is 8.67. The molecule has 212 valence electrons. The van der Waals surface area contributed by atoms with Crippen LogP contribution in [0.15, 0.2) is 132 Å². The van der Waals surface area contributed by atoms with E-state index in [-0.39, 0.29) is 5.41 Å². The molecule has 4 nitrogen and oxygen atoms in total. The van der Waals surface area contributed by atoms with E-state index >= 15 is 0 Å². The summed E-state index contributed by atoms with van der Waals surface area (Å²) in [4.78, 5) is 10.8. The van der Waals surface area contributed by atoms with Gasteiger partial charge in [0, 0.05) is 38.1 Å². The molecular formula is C41H27N3O. The molecule has 0 saturated carbocycles. The molecule has 10 rings (SSSR count). The molecule has 0 atom stereocenters. The van der Waals surface area contributed by atoms with Crippen LogP contribution in [-0.4, -0.2) is 14.5 Å². The Bertz CT molecular complexity index is 2690. The lowest BCUT2D eigenvalue weighted by atomic mass is 9.85. The van der Waals surface area contributed by atoms with Crippen molar-refractivity contribution in [1.82, 2.24) is 14.5 Å². The van der Waals surface area contributed by atoms with Crippen molar-refractivity contribution in [3.05, 3.63) is 139 Å². The average Bonchev–Trinajstić information content (AvgIpc) is 3.68. The number of benzene rings is 6. The van der Waals surface area contributed by atoms with E-state index in [4.69, 9.17) is 14.4 Å². The van der Waals surface area contributed by atoms with Crippen LogP contribution in [0.2, 0.25) is 0 Å². The third-order valence-corrected chi connectivity index (χ3v) is 9.74. The molecule has 0 fully saturated rings. The number of hydrogen-bond donors (Lipinski definition) is 0. The Morgan fingerprint density at radius 3 is 2.18 bits per heavy atom. The Balaban J connectivity index is 1.34. The zero-order chi connectivity index (χ0) is 29.9. The largest absolute Gasteiger partial charge is 0.456 e. The second-order valence-corrected chi connectivity index (χ2v) is 12.6. The average molecular weight is 578 g/mol. The maximum atomic E-state index is 6.30. The lowest BCUT2D eigenvalue weighted by Gasteiger charge is -2.21. The molecule has 0 bridgehead atoms. The smallest absolute Gasteiger partial charge is 0.162 e. The summed E-state index contributed by atoms with van der Waals surface area (Å²) in [5.41, 5.74) is 9.22. The first-order valence-electron chi connectivity index (χ1n) is 15.4. The molecule has 3 aromatic heterocycles. The number of nitrogens with zero attached hydrogens (tertiary/aromatic N) is 3. The molecule has 4 heteroatoms.